The van der Waals surface area contributed by atoms with Crippen LogP contribution in [-0.2, 0) is 6.54 Å². The van der Waals surface area contributed by atoms with E-state index >= 15 is 0 Å². The van der Waals surface area contributed by atoms with E-state index in [2.05, 4.69) is 10.1 Å². The Kier molecular flexibility index (Phi) is 4.90. The van der Waals surface area contributed by atoms with Gasteiger partial charge in [0.25, 0.3) is 5.91 Å². The molecule has 0 radical (unpaired) electrons. The van der Waals surface area contributed by atoms with Crippen molar-refractivity contribution in [2.75, 3.05) is 20.8 Å². The monoisotopic (exact) mass is 380 g/mol. The van der Waals surface area contributed by atoms with Crippen LogP contribution in [0.15, 0.2) is 36.7 Å². The summed E-state index contributed by atoms with van der Waals surface area (Å²) in [6.07, 6.45) is 5.59. The number of fused-ring (bicyclic) bond motifs is 1. The molecule has 0 spiro atoms. The van der Waals surface area contributed by atoms with Crippen molar-refractivity contribution in [2.45, 2.75) is 32.4 Å². The highest BCUT2D eigenvalue weighted by Crippen LogP contribution is 2.29. The van der Waals surface area contributed by atoms with Gasteiger partial charge >= 0.3 is 0 Å². The van der Waals surface area contributed by atoms with E-state index in [0.717, 1.165) is 47.5 Å². The minimum absolute atomic E-state index is 0.0453. The molecule has 7 nitrogen and oxygen atoms in total. The molecular formula is C21H24N4O3. The van der Waals surface area contributed by atoms with Crippen LogP contribution in [0.5, 0.6) is 11.5 Å². The predicted molar refractivity (Wildman–Crippen MR) is 106 cm³/mol. The number of aromatic nitrogens is 3. The fourth-order valence-electron chi connectivity index (χ4n) is 3.47. The average molecular weight is 380 g/mol. The van der Waals surface area contributed by atoms with Gasteiger partial charge in [0.15, 0.2) is 5.65 Å². The molecule has 0 N–H and O–H groups in total. The van der Waals surface area contributed by atoms with E-state index in [1.807, 2.05) is 40.8 Å². The first-order chi connectivity index (χ1) is 13.6. The summed E-state index contributed by atoms with van der Waals surface area (Å²) in [5.74, 6) is 1.52. The van der Waals surface area contributed by atoms with Crippen molar-refractivity contribution in [1.29, 1.82) is 0 Å². The summed E-state index contributed by atoms with van der Waals surface area (Å²) in [5.41, 5.74) is 2.33. The van der Waals surface area contributed by atoms with Crippen molar-refractivity contribution in [2.24, 2.45) is 0 Å². The van der Waals surface area contributed by atoms with Crippen molar-refractivity contribution in [3.05, 3.63) is 47.8 Å². The van der Waals surface area contributed by atoms with Crippen LogP contribution in [0.1, 0.15) is 35.7 Å². The lowest BCUT2D eigenvalue weighted by molar-refractivity contribution is 0.0752. The van der Waals surface area contributed by atoms with Crippen LogP contribution in [-0.4, -0.2) is 52.4 Å². The molecule has 1 aliphatic rings. The Bertz CT molecular complexity index is 1010. The Morgan fingerprint density at radius 2 is 2.04 bits per heavy atom. The fraction of sp³-hybridized carbons (Fsp3) is 0.381. The van der Waals surface area contributed by atoms with Gasteiger partial charge in [0.2, 0.25) is 0 Å². The molecule has 0 unspecified atom stereocenters. The van der Waals surface area contributed by atoms with Gasteiger partial charge in [0.05, 0.1) is 32.5 Å². The highest BCUT2D eigenvalue weighted by molar-refractivity contribution is 5.97. The minimum Gasteiger partial charge on any atom is -0.497 e. The SMILES string of the molecule is CCN(C(=O)c1cnc2c(cnn2Cc2ccc(OC)cc2OC)c1)C1CC1. The van der Waals surface area contributed by atoms with E-state index in [-0.39, 0.29) is 5.91 Å². The van der Waals surface area contributed by atoms with Crippen LogP contribution in [0.25, 0.3) is 11.0 Å². The molecule has 7 heteroatoms. The first-order valence-electron chi connectivity index (χ1n) is 9.48. The molecule has 1 aliphatic carbocycles. The Labute approximate surface area is 163 Å². The standard InChI is InChI=1S/C21H24N4O3/c1-4-24(17-6-7-17)21(26)16-9-15-12-23-25(20(15)22-11-16)13-14-5-8-18(27-2)10-19(14)28-3/h5,8-12,17H,4,6-7,13H2,1-3H3. The third-order valence-electron chi connectivity index (χ3n) is 5.13. The molecule has 3 aromatic rings. The number of hydrogen-bond acceptors (Lipinski definition) is 5. The summed E-state index contributed by atoms with van der Waals surface area (Å²) in [5, 5.41) is 5.32. The predicted octanol–water partition coefficient (Wildman–Crippen LogP) is 3.12. The molecule has 2 heterocycles. The molecule has 0 saturated heterocycles. The molecule has 0 atom stereocenters. The van der Waals surface area contributed by atoms with Gasteiger partial charge in [-0.1, -0.05) is 0 Å². The number of benzene rings is 1. The van der Waals surface area contributed by atoms with E-state index in [1.165, 1.54) is 0 Å². The maximum absolute atomic E-state index is 12.8. The largest absolute Gasteiger partial charge is 0.497 e. The maximum atomic E-state index is 12.8. The number of pyridine rings is 1. The fourth-order valence-corrected chi connectivity index (χ4v) is 3.47. The summed E-state index contributed by atoms with van der Waals surface area (Å²) in [6, 6.07) is 7.97. The van der Waals surface area contributed by atoms with E-state index in [9.17, 15) is 4.79 Å². The van der Waals surface area contributed by atoms with Crippen molar-refractivity contribution in [1.82, 2.24) is 19.7 Å². The highest BCUT2D eigenvalue weighted by atomic mass is 16.5. The number of rotatable bonds is 7. The first-order valence-corrected chi connectivity index (χ1v) is 9.48. The molecule has 4 rings (SSSR count). The smallest absolute Gasteiger partial charge is 0.255 e. The molecule has 1 amide bonds. The van der Waals surface area contributed by atoms with Crippen molar-refractivity contribution >= 4 is 16.9 Å². The van der Waals surface area contributed by atoms with Crippen molar-refractivity contribution in [3.63, 3.8) is 0 Å². The topological polar surface area (TPSA) is 69.5 Å². The molecule has 146 valence electrons. The molecule has 28 heavy (non-hydrogen) atoms. The van der Waals surface area contributed by atoms with Crippen molar-refractivity contribution < 1.29 is 14.3 Å². The summed E-state index contributed by atoms with van der Waals surface area (Å²) >= 11 is 0. The second-order valence-corrected chi connectivity index (χ2v) is 6.94. The van der Waals surface area contributed by atoms with Gasteiger partial charge in [-0.2, -0.15) is 5.10 Å². The number of nitrogens with zero attached hydrogens (tertiary/aromatic N) is 4. The van der Waals surface area contributed by atoms with Gasteiger partial charge in [0.1, 0.15) is 11.5 Å². The summed E-state index contributed by atoms with van der Waals surface area (Å²) < 4.78 is 12.5. The lowest BCUT2D eigenvalue weighted by Gasteiger charge is -2.20. The van der Waals surface area contributed by atoms with E-state index in [4.69, 9.17) is 9.47 Å². The summed E-state index contributed by atoms with van der Waals surface area (Å²) in [4.78, 5) is 19.2. The number of amides is 1. The summed E-state index contributed by atoms with van der Waals surface area (Å²) in [7, 11) is 3.26. The van der Waals surface area contributed by atoms with Crippen LogP contribution < -0.4 is 9.47 Å². The Balaban J connectivity index is 1.61. The Morgan fingerprint density at radius 3 is 2.71 bits per heavy atom. The van der Waals surface area contributed by atoms with Crippen LogP contribution in [0.4, 0.5) is 0 Å². The normalized spacial score (nSPS) is 13.5. The number of carbonyl (C=O) groups is 1. The lowest BCUT2D eigenvalue weighted by atomic mass is 10.2. The van der Waals surface area contributed by atoms with Gasteiger partial charge in [-0.25, -0.2) is 9.67 Å². The number of ether oxygens (including phenoxy) is 2. The number of methoxy groups -OCH3 is 2. The number of hydrogen-bond donors (Lipinski definition) is 0. The van der Waals surface area contributed by atoms with E-state index in [0.29, 0.717) is 18.2 Å². The molecule has 0 aliphatic heterocycles. The molecule has 1 fully saturated rings. The van der Waals surface area contributed by atoms with Crippen LogP contribution in [0, 0.1) is 0 Å². The van der Waals surface area contributed by atoms with E-state index < -0.39 is 0 Å². The third kappa shape index (κ3) is 3.40. The minimum atomic E-state index is 0.0453. The van der Waals surface area contributed by atoms with Crippen molar-refractivity contribution in [3.8, 4) is 11.5 Å². The van der Waals surface area contributed by atoms with E-state index in [1.54, 1.807) is 26.6 Å². The van der Waals surface area contributed by atoms with Gasteiger partial charge in [0, 0.05) is 35.8 Å². The second-order valence-electron chi connectivity index (χ2n) is 6.94. The van der Waals surface area contributed by atoms with Crippen LogP contribution in [0.3, 0.4) is 0 Å². The van der Waals surface area contributed by atoms with Crippen LogP contribution in [0.2, 0.25) is 0 Å². The zero-order valence-electron chi connectivity index (χ0n) is 16.4. The number of carbonyl (C=O) groups excluding carboxylic acids is 1. The Hall–Kier alpha value is -3.09. The first kappa shape index (κ1) is 18.3. The zero-order chi connectivity index (χ0) is 19.7. The van der Waals surface area contributed by atoms with Gasteiger partial charge in [-0.05, 0) is 38.0 Å². The maximum Gasteiger partial charge on any atom is 0.255 e. The quantitative estimate of drug-likeness (QED) is 0.630. The second kappa shape index (κ2) is 7.50. The molecule has 2 aromatic heterocycles. The molecule has 1 aromatic carbocycles. The average Bonchev–Trinajstić information content (AvgIpc) is 3.49. The van der Waals surface area contributed by atoms with Crippen LogP contribution >= 0.6 is 0 Å². The third-order valence-corrected chi connectivity index (χ3v) is 5.13. The van der Waals surface area contributed by atoms with Gasteiger partial charge in [-0.3, -0.25) is 4.79 Å². The van der Waals surface area contributed by atoms with Gasteiger partial charge in [-0.15, -0.1) is 0 Å². The summed E-state index contributed by atoms with van der Waals surface area (Å²) in [6.45, 7) is 3.25. The Morgan fingerprint density at radius 1 is 1.21 bits per heavy atom. The molecule has 0 bridgehead atoms. The lowest BCUT2D eigenvalue weighted by Crippen LogP contribution is -2.32. The highest BCUT2D eigenvalue weighted by Gasteiger charge is 2.32. The molecule has 1 saturated carbocycles. The molecular weight excluding hydrogens is 356 g/mol. The zero-order valence-corrected chi connectivity index (χ0v) is 16.4. The van der Waals surface area contributed by atoms with Gasteiger partial charge < -0.3 is 14.4 Å².